The van der Waals surface area contributed by atoms with E-state index in [2.05, 4.69) is 9.88 Å². The van der Waals surface area contributed by atoms with E-state index in [-0.39, 0.29) is 29.1 Å². The van der Waals surface area contributed by atoms with E-state index in [9.17, 15) is 9.18 Å². The summed E-state index contributed by atoms with van der Waals surface area (Å²) in [5, 5.41) is 0.163. The number of benzene rings is 1. The van der Waals surface area contributed by atoms with Gasteiger partial charge < -0.3 is 19.0 Å². The summed E-state index contributed by atoms with van der Waals surface area (Å²) < 4.78 is 23.8. The predicted octanol–water partition coefficient (Wildman–Crippen LogP) is 2.82. The van der Waals surface area contributed by atoms with Crippen LogP contribution in [0.2, 0.25) is 5.02 Å². The number of amides is 1. The normalized spacial score (nSPS) is 15.9. The average Bonchev–Trinajstić information content (AvgIpc) is 2.95. The Labute approximate surface area is 150 Å². The van der Waals surface area contributed by atoms with E-state index < -0.39 is 5.82 Å². The second kappa shape index (κ2) is 7.84. The van der Waals surface area contributed by atoms with E-state index in [0.717, 1.165) is 25.6 Å². The van der Waals surface area contributed by atoms with Crippen molar-refractivity contribution in [2.75, 3.05) is 33.2 Å². The quantitative estimate of drug-likeness (QED) is 0.831. The number of carbonyl (C=O) groups excluding carboxylic acids is 1. The minimum Gasteiger partial charge on any atom is -0.482 e. The molecule has 1 aliphatic rings. The molecule has 0 saturated carbocycles. The van der Waals surface area contributed by atoms with Crippen LogP contribution in [0.3, 0.4) is 0 Å². The van der Waals surface area contributed by atoms with Crippen LogP contribution >= 0.6 is 11.6 Å². The van der Waals surface area contributed by atoms with Crippen LogP contribution < -0.4 is 4.74 Å². The molecule has 25 heavy (non-hydrogen) atoms. The van der Waals surface area contributed by atoms with Crippen LogP contribution in [0.4, 0.5) is 4.39 Å². The lowest BCUT2D eigenvalue weighted by atomic mass is 10.3. The van der Waals surface area contributed by atoms with Crippen molar-refractivity contribution < 1.29 is 18.3 Å². The SMILES string of the molecule is CN1CCCN(C(=O)c2coc(COc3ccc(F)cc3Cl)n2)CC1. The predicted molar refractivity (Wildman–Crippen MR) is 90.3 cm³/mol. The Kier molecular flexibility index (Phi) is 5.55. The zero-order chi connectivity index (χ0) is 17.8. The van der Waals surface area contributed by atoms with Gasteiger partial charge in [-0.2, -0.15) is 0 Å². The van der Waals surface area contributed by atoms with E-state index in [0.29, 0.717) is 18.8 Å². The van der Waals surface area contributed by atoms with Crippen LogP contribution in [0, 0.1) is 5.82 Å². The van der Waals surface area contributed by atoms with Gasteiger partial charge in [0.2, 0.25) is 5.89 Å². The lowest BCUT2D eigenvalue weighted by molar-refractivity contribution is 0.0757. The number of oxazole rings is 1. The first-order chi connectivity index (χ1) is 12.0. The highest BCUT2D eigenvalue weighted by molar-refractivity contribution is 6.32. The number of nitrogens with zero attached hydrogens (tertiary/aromatic N) is 3. The molecule has 1 saturated heterocycles. The lowest BCUT2D eigenvalue weighted by Gasteiger charge is -2.18. The molecular weight excluding hydrogens is 349 g/mol. The number of aromatic nitrogens is 1. The van der Waals surface area contributed by atoms with E-state index in [1.54, 1.807) is 4.90 Å². The Balaban J connectivity index is 1.60. The summed E-state index contributed by atoms with van der Waals surface area (Å²) in [5.41, 5.74) is 0.258. The third-order valence-corrected chi connectivity index (χ3v) is 4.32. The molecule has 2 aromatic rings. The van der Waals surface area contributed by atoms with Gasteiger partial charge in [0, 0.05) is 19.6 Å². The minimum atomic E-state index is -0.440. The van der Waals surface area contributed by atoms with Crippen molar-refractivity contribution in [3.63, 3.8) is 0 Å². The number of rotatable bonds is 4. The number of hydrogen-bond acceptors (Lipinski definition) is 5. The fourth-order valence-electron chi connectivity index (χ4n) is 2.62. The molecule has 0 unspecified atom stereocenters. The van der Waals surface area contributed by atoms with Crippen LogP contribution in [0.5, 0.6) is 5.75 Å². The van der Waals surface area contributed by atoms with Crippen molar-refractivity contribution in [1.82, 2.24) is 14.8 Å². The maximum absolute atomic E-state index is 13.0. The van der Waals surface area contributed by atoms with Crippen molar-refractivity contribution in [3.8, 4) is 5.75 Å². The van der Waals surface area contributed by atoms with Crippen LogP contribution in [-0.4, -0.2) is 53.9 Å². The number of carbonyl (C=O) groups is 1. The third kappa shape index (κ3) is 4.49. The van der Waals surface area contributed by atoms with Gasteiger partial charge >= 0.3 is 0 Å². The Bertz CT molecular complexity index is 752. The van der Waals surface area contributed by atoms with Gasteiger partial charge in [-0.15, -0.1) is 0 Å². The average molecular weight is 368 g/mol. The molecule has 3 rings (SSSR count). The van der Waals surface area contributed by atoms with Crippen molar-refractivity contribution in [1.29, 1.82) is 0 Å². The van der Waals surface area contributed by atoms with Crippen molar-refractivity contribution in [2.45, 2.75) is 13.0 Å². The molecule has 6 nitrogen and oxygen atoms in total. The van der Waals surface area contributed by atoms with E-state index in [1.807, 2.05) is 7.05 Å². The first kappa shape index (κ1) is 17.7. The molecule has 2 heterocycles. The first-order valence-electron chi connectivity index (χ1n) is 8.03. The Morgan fingerprint density at radius 1 is 1.36 bits per heavy atom. The summed E-state index contributed by atoms with van der Waals surface area (Å²) in [7, 11) is 2.04. The van der Waals surface area contributed by atoms with E-state index in [1.165, 1.54) is 18.4 Å². The summed E-state index contributed by atoms with van der Waals surface area (Å²) in [5.74, 6) is -0.00468. The molecule has 0 N–H and O–H groups in total. The Hall–Kier alpha value is -2.12. The fourth-order valence-corrected chi connectivity index (χ4v) is 2.84. The Morgan fingerprint density at radius 2 is 2.20 bits per heavy atom. The van der Waals surface area contributed by atoms with Gasteiger partial charge in [0.15, 0.2) is 12.3 Å². The second-order valence-corrected chi connectivity index (χ2v) is 6.35. The van der Waals surface area contributed by atoms with Crippen LogP contribution in [0.15, 0.2) is 28.9 Å². The highest BCUT2D eigenvalue weighted by atomic mass is 35.5. The van der Waals surface area contributed by atoms with Gasteiger partial charge in [0.05, 0.1) is 5.02 Å². The fraction of sp³-hybridized carbons (Fsp3) is 0.412. The first-order valence-corrected chi connectivity index (χ1v) is 8.41. The van der Waals surface area contributed by atoms with Crippen molar-refractivity contribution in [2.24, 2.45) is 0 Å². The third-order valence-electron chi connectivity index (χ3n) is 4.02. The van der Waals surface area contributed by atoms with E-state index in [4.69, 9.17) is 20.8 Å². The minimum absolute atomic E-state index is 0.00136. The molecule has 1 amide bonds. The molecule has 0 atom stereocenters. The van der Waals surface area contributed by atoms with Gasteiger partial charge in [-0.3, -0.25) is 4.79 Å². The summed E-state index contributed by atoms with van der Waals surface area (Å²) in [6, 6.07) is 3.85. The van der Waals surface area contributed by atoms with E-state index >= 15 is 0 Å². The van der Waals surface area contributed by atoms with Gasteiger partial charge in [0.1, 0.15) is 17.8 Å². The second-order valence-electron chi connectivity index (χ2n) is 5.94. The number of hydrogen-bond donors (Lipinski definition) is 0. The molecule has 0 bridgehead atoms. The molecular formula is C17H19ClFN3O3. The highest BCUT2D eigenvalue weighted by Gasteiger charge is 2.22. The van der Waals surface area contributed by atoms with Gasteiger partial charge in [-0.05, 0) is 38.2 Å². The van der Waals surface area contributed by atoms with Gasteiger partial charge in [0.25, 0.3) is 5.91 Å². The van der Waals surface area contributed by atoms with Crippen LogP contribution in [-0.2, 0) is 6.61 Å². The summed E-state index contributed by atoms with van der Waals surface area (Å²) >= 11 is 5.90. The summed E-state index contributed by atoms with van der Waals surface area (Å²) in [6.45, 7) is 3.18. The zero-order valence-electron chi connectivity index (χ0n) is 13.9. The number of likely N-dealkylation sites (N-methyl/N-ethyl adjacent to an activating group) is 1. The molecule has 1 aliphatic heterocycles. The van der Waals surface area contributed by atoms with Crippen molar-refractivity contribution >= 4 is 17.5 Å². The van der Waals surface area contributed by atoms with Crippen LogP contribution in [0.25, 0.3) is 0 Å². The number of halogens is 2. The molecule has 0 radical (unpaired) electrons. The molecule has 0 spiro atoms. The number of ether oxygens (including phenoxy) is 1. The molecule has 1 fully saturated rings. The smallest absolute Gasteiger partial charge is 0.275 e. The largest absolute Gasteiger partial charge is 0.482 e. The molecule has 8 heteroatoms. The topological polar surface area (TPSA) is 58.8 Å². The maximum Gasteiger partial charge on any atom is 0.275 e. The summed E-state index contributed by atoms with van der Waals surface area (Å²) in [4.78, 5) is 20.7. The van der Waals surface area contributed by atoms with Crippen LogP contribution in [0.1, 0.15) is 22.8 Å². The summed E-state index contributed by atoms with van der Waals surface area (Å²) in [6.07, 6.45) is 2.26. The Morgan fingerprint density at radius 3 is 3.00 bits per heavy atom. The van der Waals surface area contributed by atoms with Gasteiger partial charge in [-0.1, -0.05) is 11.6 Å². The molecule has 0 aliphatic carbocycles. The molecule has 1 aromatic carbocycles. The monoisotopic (exact) mass is 367 g/mol. The zero-order valence-corrected chi connectivity index (χ0v) is 14.6. The molecule has 134 valence electrons. The highest BCUT2D eigenvalue weighted by Crippen LogP contribution is 2.25. The molecule has 1 aromatic heterocycles. The van der Waals surface area contributed by atoms with Crippen molar-refractivity contribution in [3.05, 3.63) is 46.9 Å². The van der Waals surface area contributed by atoms with Gasteiger partial charge in [-0.25, -0.2) is 9.37 Å². The lowest BCUT2D eigenvalue weighted by Crippen LogP contribution is -2.34. The standard InChI is InChI=1S/C17H19ClFN3O3/c1-21-5-2-6-22(8-7-21)17(23)14-10-25-16(20-14)11-24-15-4-3-12(19)9-13(15)18/h3-4,9-10H,2,5-8,11H2,1H3. The maximum atomic E-state index is 13.0.